The molecule has 0 rings (SSSR count). The Morgan fingerprint density at radius 1 is 1.24 bits per heavy atom. The molecular weight excluding hydrogens is 218 g/mol. The van der Waals surface area contributed by atoms with Crippen LogP contribution >= 0.6 is 0 Å². The number of hydrogen-bond acceptors (Lipinski definition) is 4. The van der Waals surface area contributed by atoms with Gasteiger partial charge in [0.1, 0.15) is 0 Å². The van der Waals surface area contributed by atoms with Crippen LogP contribution in [-0.4, -0.2) is 32.8 Å². The normalized spacial score (nSPS) is 12.8. The SMILES string of the molecule is COCCCOC(=O)CCC(CCN)C(C)C. The molecule has 0 spiro atoms. The van der Waals surface area contributed by atoms with Crippen LogP contribution in [0.25, 0.3) is 0 Å². The molecule has 2 N–H and O–H groups in total. The maximum absolute atomic E-state index is 11.4. The fraction of sp³-hybridized carbons (Fsp3) is 0.923. The lowest BCUT2D eigenvalue weighted by atomic mass is 9.88. The van der Waals surface area contributed by atoms with Crippen molar-refractivity contribution in [3.8, 4) is 0 Å². The standard InChI is InChI=1S/C13H27NO3/c1-11(2)12(7-8-14)5-6-13(15)17-10-4-9-16-3/h11-12H,4-10,14H2,1-3H3. The second-order valence-electron chi connectivity index (χ2n) is 4.69. The van der Waals surface area contributed by atoms with Crippen LogP contribution in [0.2, 0.25) is 0 Å². The van der Waals surface area contributed by atoms with Crippen LogP contribution in [0, 0.1) is 11.8 Å². The van der Waals surface area contributed by atoms with Crippen molar-refractivity contribution in [3.05, 3.63) is 0 Å². The highest BCUT2D eigenvalue weighted by Gasteiger charge is 2.14. The molecule has 0 bridgehead atoms. The van der Waals surface area contributed by atoms with Gasteiger partial charge in [0.25, 0.3) is 0 Å². The van der Waals surface area contributed by atoms with Gasteiger partial charge < -0.3 is 15.2 Å². The molecule has 0 aromatic rings. The highest BCUT2D eigenvalue weighted by Crippen LogP contribution is 2.20. The number of nitrogens with two attached hydrogens (primary N) is 1. The molecule has 0 saturated carbocycles. The van der Waals surface area contributed by atoms with E-state index < -0.39 is 0 Å². The molecule has 17 heavy (non-hydrogen) atoms. The van der Waals surface area contributed by atoms with Gasteiger partial charge in [0.15, 0.2) is 0 Å². The van der Waals surface area contributed by atoms with E-state index in [2.05, 4.69) is 13.8 Å². The third-order valence-corrected chi connectivity index (χ3v) is 2.96. The van der Waals surface area contributed by atoms with Crippen LogP contribution in [0.15, 0.2) is 0 Å². The fourth-order valence-corrected chi connectivity index (χ4v) is 1.79. The zero-order valence-electron chi connectivity index (χ0n) is 11.4. The Kier molecular flexibility index (Phi) is 10.2. The predicted octanol–water partition coefficient (Wildman–Crippen LogP) is 1.97. The van der Waals surface area contributed by atoms with Gasteiger partial charge in [-0.2, -0.15) is 0 Å². The molecule has 1 unspecified atom stereocenters. The summed E-state index contributed by atoms with van der Waals surface area (Å²) >= 11 is 0. The van der Waals surface area contributed by atoms with Crippen molar-refractivity contribution >= 4 is 5.97 Å². The Morgan fingerprint density at radius 2 is 1.94 bits per heavy atom. The van der Waals surface area contributed by atoms with Crippen molar-refractivity contribution in [1.82, 2.24) is 0 Å². The van der Waals surface area contributed by atoms with Crippen molar-refractivity contribution in [2.75, 3.05) is 26.9 Å². The van der Waals surface area contributed by atoms with Crippen LogP contribution in [0.4, 0.5) is 0 Å². The highest BCUT2D eigenvalue weighted by molar-refractivity contribution is 5.69. The summed E-state index contributed by atoms with van der Waals surface area (Å²) in [6.45, 7) is 6.12. The number of hydrogen-bond donors (Lipinski definition) is 1. The summed E-state index contributed by atoms with van der Waals surface area (Å²) in [5.74, 6) is 0.982. The number of esters is 1. The lowest BCUT2D eigenvalue weighted by Crippen LogP contribution is -2.17. The Balaban J connectivity index is 3.65. The van der Waals surface area contributed by atoms with Crippen molar-refractivity contribution in [3.63, 3.8) is 0 Å². The van der Waals surface area contributed by atoms with Gasteiger partial charge in [-0.25, -0.2) is 0 Å². The summed E-state index contributed by atoms with van der Waals surface area (Å²) in [6.07, 6.45) is 3.11. The van der Waals surface area contributed by atoms with Gasteiger partial charge in [-0.1, -0.05) is 13.8 Å². The van der Waals surface area contributed by atoms with Crippen LogP contribution in [-0.2, 0) is 14.3 Å². The van der Waals surface area contributed by atoms with Gasteiger partial charge in [-0.05, 0) is 31.2 Å². The first-order valence-electron chi connectivity index (χ1n) is 6.46. The van der Waals surface area contributed by atoms with Crippen LogP contribution < -0.4 is 5.73 Å². The minimum Gasteiger partial charge on any atom is -0.466 e. The van der Waals surface area contributed by atoms with Gasteiger partial charge in [0, 0.05) is 26.6 Å². The Bertz CT molecular complexity index is 195. The maximum atomic E-state index is 11.4. The third kappa shape index (κ3) is 9.12. The van der Waals surface area contributed by atoms with E-state index in [-0.39, 0.29) is 5.97 Å². The molecule has 0 saturated heterocycles. The van der Waals surface area contributed by atoms with Crippen molar-refractivity contribution < 1.29 is 14.3 Å². The quantitative estimate of drug-likeness (QED) is 0.472. The Labute approximate surface area is 105 Å². The smallest absolute Gasteiger partial charge is 0.305 e. The number of carbonyl (C=O) groups excluding carboxylic acids is 1. The van der Waals surface area contributed by atoms with E-state index >= 15 is 0 Å². The summed E-state index contributed by atoms with van der Waals surface area (Å²) in [7, 11) is 1.64. The second kappa shape index (κ2) is 10.5. The van der Waals surface area contributed by atoms with E-state index in [0.29, 0.717) is 38.0 Å². The zero-order chi connectivity index (χ0) is 13.1. The fourth-order valence-electron chi connectivity index (χ4n) is 1.79. The number of rotatable bonds is 10. The van der Waals surface area contributed by atoms with E-state index in [1.807, 2.05) is 0 Å². The van der Waals surface area contributed by atoms with Gasteiger partial charge in [-0.3, -0.25) is 4.79 Å². The third-order valence-electron chi connectivity index (χ3n) is 2.96. The minimum atomic E-state index is -0.108. The van der Waals surface area contributed by atoms with E-state index in [4.69, 9.17) is 15.2 Å². The molecule has 0 amide bonds. The van der Waals surface area contributed by atoms with E-state index in [0.717, 1.165) is 19.3 Å². The first-order chi connectivity index (χ1) is 8.11. The van der Waals surface area contributed by atoms with Gasteiger partial charge >= 0.3 is 5.97 Å². The van der Waals surface area contributed by atoms with Crippen molar-refractivity contribution in [1.29, 1.82) is 0 Å². The van der Waals surface area contributed by atoms with E-state index in [9.17, 15) is 4.79 Å². The average molecular weight is 245 g/mol. The lowest BCUT2D eigenvalue weighted by Gasteiger charge is -2.19. The molecule has 1 atom stereocenters. The summed E-state index contributed by atoms with van der Waals surface area (Å²) in [5.41, 5.74) is 5.56. The van der Waals surface area contributed by atoms with Crippen LogP contribution in [0.5, 0.6) is 0 Å². The summed E-state index contributed by atoms with van der Waals surface area (Å²) in [6, 6.07) is 0. The number of ether oxygens (including phenoxy) is 2. The van der Waals surface area contributed by atoms with Crippen LogP contribution in [0.1, 0.15) is 39.5 Å². The Morgan fingerprint density at radius 3 is 2.47 bits per heavy atom. The largest absolute Gasteiger partial charge is 0.466 e. The molecule has 102 valence electrons. The molecule has 0 heterocycles. The van der Waals surface area contributed by atoms with Gasteiger partial charge in [0.2, 0.25) is 0 Å². The predicted molar refractivity (Wildman–Crippen MR) is 68.7 cm³/mol. The van der Waals surface area contributed by atoms with Gasteiger partial charge in [-0.15, -0.1) is 0 Å². The molecule has 0 aromatic heterocycles. The van der Waals surface area contributed by atoms with Crippen molar-refractivity contribution in [2.45, 2.75) is 39.5 Å². The molecule has 0 aromatic carbocycles. The molecule has 4 heteroatoms. The van der Waals surface area contributed by atoms with E-state index in [1.165, 1.54) is 0 Å². The summed E-state index contributed by atoms with van der Waals surface area (Å²) in [5, 5.41) is 0. The van der Waals surface area contributed by atoms with Crippen LogP contribution in [0.3, 0.4) is 0 Å². The monoisotopic (exact) mass is 245 g/mol. The van der Waals surface area contributed by atoms with Gasteiger partial charge in [0.05, 0.1) is 6.61 Å². The second-order valence-corrected chi connectivity index (χ2v) is 4.69. The zero-order valence-corrected chi connectivity index (χ0v) is 11.4. The topological polar surface area (TPSA) is 61.5 Å². The van der Waals surface area contributed by atoms with Crippen molar-refractivity contribution in [2.24, 2.45) is 17.6 Å². The summed E-state index contributed by atoms with van der Waals surface area (Å²) in [4.78, 5) is 11.4. The first-order valence-corrected chi connectivity index (χ1v) is 6.46. The lowest BCUT2D eigenvalue weighted by molar-refractivity contribution is -0.144. The molecular formula is C13H27NO3. The molecule has 0 radical (unpaired) electrons. The number of carbonyl (C=O) groups is 1. The first kappa shape index (κ1) is 16.4. The maximum Gasteiger partial charge on any atom is 0.305 e. The highest BCUT2D eigenvalue weighted by atomic mass is 16.5. The molecule has 0 aliphatic rings. The molecule has 0 fully saturated rings. The number of methoxy groups -OCH3 is 1. The minimum absolute atomic E-state index is 0.108. The molecule has 0 aliphatic heterocycles. The molecule has 0 aliphatic carbocycles. The average Bonchev–Trinajstić information content (AvgIpc) is 2.29. The van der Waals surface area contributed by atoms with E-state index in [1.54, 1.807) is 7.11 Å². The molecule has 4 nitrogen and oxygen atoms in total. The summed E-state index contributed by atoms with van der Waals surface area (Å²) < 4.78 is 9.98. The Hall–Kier alpha value is -0.610.